The van der Waals surface area contributed by atoms with Crippen molar-refractivity contribution in [3.05, 3.63) is 24.3 Å². The number of likely N-dealkylation sites (N-methyl/N-ethyl adjacent to an activating group) is 1. The number of carbonyl (C=O) groups excluding carboxylic acids is 1. The Labute approximate surface area is 156 Å². The molecule has 1 heterocycles. The Balaban J connectivity index is 1.87. The van der Waals surface area contributed by atoms with Crippen LogP contribution in [0.3, 0.4) is 0 Å². The van der Waals surface area contributed by atoms with Gasteiger partial charge >= 0.3 is 0 Å². The van der Waals surface area contributed by atoms with Gasteiger partial charge in [-0.25, -0.2) is 13.1 Å². The zero-order chi connectivity index (χ0) is 19.2. The van der Waals surface area contributed by atoms with Gasteiger partial charge in [0.1, 0.15) is 0 Å². The summed E-state index contributed by atoms with van der Waals surface area (Å²) in [5.41, 5.74) is 0.602. The zero-order valence-corrected chi connectivity index (χ0v) is 16.7. The molecule has 8 heteroatoms. The predicted octanol–water partition coefficient (Wildman–Crippen LogP) is 1.34. The molecule has 1 unspecified atom stereocenters. The van der Waals surface area contributed by atoms with E-state index in [4.69, 9.17) is 0 Å². The van der Waals surface area contributed by atoms with Gasteiger partial charge in [0.25, 0.3) is 0 Å². The third-order valence-electron chi connectivity index (χ3n) is 4.70. The quantitative estimate of drug-likeness (QED) is 0.709. The SMILES string of the molecule is CCC(C)NS(=O)(=O)c1ccc(NC(=O)CN2CCN(CC)CC2)cc1. The largest absolute Gasteiger partial charge is 0.325 e. The van der Waals surface area contributed by atoms with E-state index in [0.717, 1.165) is 39.1 Å². The molecular weight excluding hydrogens is 352 g/mol. The molecule has 2 N–H and O–H groups in total. The van der Waals surface area contributed by atoms with Gasteiger partial charge in [0, 0.05) is 37.9 Å². The van der Waals surface area contributed by atoms with Gasteiger partial charge in [-0.15, -0.1) is 0 Å². The summed E-state index contributed by atoms with van der Waals surface area (Å²) in [6, 6.07) is 6.16. The van der Waals surface area contributed by atoms with Crippen molar-refractivity contribution in [2.24, 2.45) is 0 Å². The van der Waals surface area contributed by atoms with Crippen molar-refractivity contribution in [1.82, 2.24) is 14.5 Å². The molecule has 0 spiro atoms. The molecule has 26 heavy (non-hydrogen) atoms. The van der Waals surface area contributed by atoms with E-state index in [0.29, 0.717) is 12.2 Å². The van der Waals surface area contributed by atoms with Gasteiger partial charge in [0.15, 0.2) is 0 Å². The minimum Gasteiger partial charge on any atom is -0.325 e. The molecule has 1 amide bonds. The number of carbonyl (C=O) groups is 1. The first-order valence-corrected chi connectivity index (χ1v) is 10.7. The van der Waals surface area contributed by atoms with E-state index in [1.165, 1.54) is 12.1 Å². The highest BCUT2D eigenvalue weighted by atomic mass is 32.2. The molecule has 0 aliphatic carbocycles. The van der Waals surface area contributed by atoms with Crippen LogP contribution in [0.5, 0.6) is 0 Å². The number of amides is 1. The fraction of sp³-hybridized carbons (Fsp3) is 0.611. The van der Waals surface area contributed by atoms with Crippen LogP contribution in [-0.4, -0.2) is 69.4 Å². The molecule has 1 aromatic rings. The molecule has 2 rings (SSSR count). The van der Waals surface area contributed by atoms with Crippen molar-refractivity contribution >= 4 is 21.6 Å². The monoisotopic (exact) mass is 382 g/mol. The van der Waals surface area contributed by atoms with Crippen LogP contribution in [0.2, 0.25) is 0 Å². The number of hydrogen-bond donors (Lipinski definition) is 2. The standard InChI is InChI=1S/C18H30N4O3S/c1-4-15(3)20-26(24,25)17-8-6-16(7-9-17)19-18(23)14-22-12-10-21(5-2)11-13-22/h6-9,15,20H,4-5,10-14H2,1-3H3,(H,19,23). The van der Waals surface area contributed by atoms with Crippen molar-refractivity contribution in [2.45, 2.75) is 38.1 Å². The van der Waals surface area contributed by atoms with Gasteiger partial charge in [-0.3, -0.25) is 9.69 Å². The number of anilines is 1. The van der Waals surface area contributed by atoms with E-state index in [1.54, 1.807) is 12.1 Å². The Kier molecular flexibility index (Phi) is 7.57. The van der Waals surface area contributed by atoms with Crippen LogP contribution in [0, 0.1) is 0 Å². The van der Waals surface area contributed by atoms with Crippen LogP contribution in [-0.2, 0) is 14.8 Å². The predicted molar refractivity (Wildman–Crippen MR) is 104 cm³/mol. The lowest BCUT2D eigenvalue weighted by Crippen LogP contribution is -2.48. The summed E-state index contributed by atoms with van der Waals surface area (Å²) in [6.07, 6.45) is 0.722. The summed E-state index contributed by atoms with van der Waals surface area (Å²) in [5.74, 6) is -0.0803. The van der Waals surface area contributed by atoms with E-state index in [9.17, 15) is 13.2 Å². The van der Waals surface area contributed by atoms with E-state index < -0.39 is 10.0 Å². The number of nitrogens with zero attached hydrogens (tertiary/aromatic N) is 2. The number of hydrogen-bond acceptors (Lipinski definition) is 5. The van der Waals surface area contributed by atoms with Gasteiger partial charge in [0.2, 0.25) is 15.9 Å². The molecule has 1 aromatic carbocycles. The van der Waals surface area contributed by atoms with Crippen molar-refractivity contribution in [1.29, 1.82) is 0 Å². The van der Waals surface area contributed by atoms with Gasteiger partial charge in [-0.1, -0.05) is 13.8 Å². The molecule has 0 bridgehead atoms. The first-order chi connectivity index (χ1) is 12.3. The van der Waals surface area contributed by atoms with Gasteiger partial charge in [-0.2, -0.15) is 0 Å². The second kappa shape index (κ2) is 9.45. The lowest BCUT2D eigenvalue weighted by Gasteiger charge is -2.33. The molecule has 7 nitrogen and oxygen atoms in total. The van der Waals surface area contributed by atoms with E-state index in [-0.39, 0.29) is 16.8 Å². The minimum atomic E-state index is -3.52. The van der Waals surface area contributed by atoms with Crippen LogP contribution in [0.1, 0.15) is 27.2 Å². The number of nitrogens with one attached hydrogen (secondary N) is 2. The Morgan fingerprint density at radius 3 is 2.19 bits per heavy atom. The molecule has 1 aliphatic heterocycles. The normalized spacial score (nSPS) is 17.8. The molecule has 1 fully saturated rings. The Bertz CT molecular complexity index is 683. The maximum Gasteiger partial charge on any atom is 0.240 e. The highest BCUT2D eigenvalue weighted by molar-refractivity contribution is 7.89. The highest BCUT2D eigenvalue weighted by Crippen LogP contribution is 2.15. The van der Waals surface area contributed by atoms with Crippen molar-refractivity contribution in [3.63, 3.8) is 0 Å². The first kappa shape index (κ1) is 20.8. The highest BCUT2D eigenvalue weighted by Gasteiger charge is 2.19. The summed E-state index contributed by atoms with van der Waals surface area (Å²) < 4.78 is 27.1. The fourth-order valence-electron chi connectivity index (χ4n) is 2.80. The second-order valence-electron chi connectivity index (χ2n) is 6.71. The Morgan fingerprint density at radius 2 is 1.65 bits per heavy atom. The summed E-state index contributed by atoms with van der Waals surface area (Å²) in [5, 5.41) is 2.84. The molecule has 1 aliphatic rings. The van der Waals surface area contributed by atoms with Crippen LogP contribution in [0.25, 0.3) is 0 Å². The van der Waals surface area contributed by atoms with Crippen molar-refractivity contribution in [2.75, 3.05) is 44.6 Å². The minimum absolute atomic E-state index is 0.0803. The average Bonchev–Trinajstić information content (AvgIpc) is 2.62. The smallest absolute Gasteiger partial charge is 0.240 e. The summed E-state index contributed by atoms with van der Waals surface area (Å²) in [6.45, 7) is 11.0. The van der Waals surface area contributed by atoms with E-state index in [1.807, 2.05) is 13.8 Å². The molecule has 0 aromatic heterocycles. The molecular formula is C18H30N4O3S. The Morgan fingerprint density at radius 1 is 1.08 bits per heavy atom. The third kappa shape index (κ3) is 6.05. The molecule has 146 valence electrons. The van der Waals surface area contributed by atoms with Crippen LogP contribution in [0.4, 0.5) is 5.69 Å². The number of piperazine rings is 1. The molecule has 1 saturated heterocycles. The maximum atomic E-state index is 12.2. The lowest BCUT2D eigenvalue weighted by atomic mass is 10.3. The second-order valence-corrected chi connectivity index (χ2v) is 8.43. The van der Waals surface area contributed by atoms with Crippen LogP contribution in [0.15, 0.2) is 29.2 Å². The topological polar surface area (TPSA) is 81.8 Å². The number of sulfonamides is 1. The fourth-order valence-corrected chi connectivity index (χ4v) is 4.13. The van der Waals surface area contributed by atoms with Crippen LogP contribution >= 0.6 is 0 Å². The Hall–Kier alpha value is -1.48. The number of rotatable bonds is 8. The molecule has 1 atom stereocenters. The third-order valence-corrected chi connectivity index (χ3v) is 6.30. The van der Waals surface area contributed by atoms with Gasteiger partial charge in [-0.05, 0) is 44.2 Å². The maximum absolute atomic E-state index is 12.2. The van der Waals surface area contributed by atoms with E-state index in [2.05, 4.69) is 26.8 Å². The lowest BCUT2D eigenvalue weighted by molar-refractivity contribution is -0.117. The van der Waals surface area contributed by atoms with Crippen molar-refractivity contribution < 1.29 is 13.2 Å². The van der Waals surface area contributed by atoms with Gasteiger partial charge in [0.05, 0.1) is 11.4 Å². The molecule has 0 saturated carbocycles. The van der Waals surface area contributed by atoms with Gasteiger partial charge < -0.3 is 10.2 Å². The summed E-state index contributed by atoms with van der Waals surface area (Å²) >= 11 is 0. The summed E-state index contributed by atoms with van der Waals surface area (Å²) in [7, 11) is -3.52. The number of benzene rings is 1. The molecule has 0 radical (unpaired) electrons. The summed E-state index contributed by atoms with van der Waals surface area (Å²) in [4.78, 5) is 16.9. The first-order valence-electron chi connectivity index (χ1n) is 9.21. The van der Waals surface area contributed by atoms with Crippen LogP contribution < -0.4 is 10.0 Å². The van der Waals surface area contributed by atoms with Crippen molar-refractivity contribution in [3.8, 4) is 0 Å². The zero-order valence-electron chi connectivity index (χ0n) is 15.9. The average molecular weight is 383 g/mol. The van der Waals surface area contributed by atoms with E-state index >= 15 is 0 Å².